The van der Waals surface area contributed by atoms with Crippen LogP contribution in [-0.2, 0) is 25.7 Å². The zero-order valence-corrected chi connectivity index (χ0v) is 57.5. The number of ether oxygens (including phenoxy) is 4. The number of nitrogens with zero attached hydrogens (tertiary/aromatic N) is 2. The minimum atomic E-state index is -0.707. The standard InChI is InChI=1S/C88H106N2O4/c1-5-8-11-14-17-24-48-86(4)79-31-22-20-28-74(79)76-46-36-68(65-82(76)86)73-30-27-33-81-85(73)78-47-35-67(66-34-45-77-75-29-21-23-32-80(75)87(83(77)63-66,49-25-18-15-12-9-6-2)50-26-19-16-13-10-7-3)64-84(78)88(81,69-37-41-71(42-38-69)93-61-55-89-51-57-91-58-52-89)70-39-43-72(44-40-70)94-62-56-90-53-59-92-60-54-90/h20-23,27-47,63-65H,5-19,24-26,48-62H2,1-4H3. The highest BCUT2D eigenvalue weighted by Crippen LogP contribution is 2.61. The summed E-state index contributed by atoms with van der Waals surface area (Å²) in [6, 6.07) is 67.2. The van der Waals surface area contributed by atoms with Gasteiger partial charge in [-0.05, 0) is 162 Å². The third kappa shape index (κ3) is 13.5. The Morgan fingerprint density at radius 1 is 0.351 bits per heavy atom. The smallest absolute Gasteiger partial charge is 0.119 e. The topological polar surface area (TPSA) is 43.4 Å². The van der Waals surface area contributed by atoms with Gasteiger partial charge >= 0.3 is 0 Å². The Bertz CT molecular complexity index is 3690. The van der Waals surface area contributed by atoms with Crippen LogP contribution in [0.4, 0.5) is 0 Å². The predicted molar refractivity (Wildman–Crippen MR) is 392 cm³/mol. The van der Waals surface area contributed by atoms with E-state index in [-0.39, 0.29) is 10.8 Å². The Kier molecular flexibility index (Phi) is 21.7. The molecule has 1 unspecified atom stereocenters. The van der Waals surface area contributed by atoms with Gasteiger partial charge in [0.15, 0.2) is 0 Å². The number of hydrogen-bond acceptors (Lipinski definition) is 6. The highest BCUT2D eigenvalue weighted by Gasteiger charge is 2.49. The fraction of sp³-hybridized carbons (Fsp3) is 0.455. The molecule has 2 saturated heterocycles. The molecule has 0 aromatic heterocycles. The molecule has 0 bridgehead atoms. The van der Waals surface area contributed by atoms with E-state index >= 15 is 0 Å². The molecule has 6 heteroatoms. The second-order valence-corrected chi connectivity index (χ2v) is 28.5. The Labute approximate surface area is 564 Å². The van der Waals surface area contributed by atoms with Gasteiger partial charge in [0.05, 0.1) is 31.8 Å². The van der Waals surface area contributed by atoms with E-state index in [0.717, 1.165) is 83.6 Å². The van der Waals surface area contributed by atoms with Crippen molar-refractivity contribution < 1.29 is 18.9 Å². The van der Waals surface area contributed by atoms with Gasteiger partial charge in [-0.1, -0.05) is 271 Å². The summed E-state index contributed by atoms with van der Waals surface area (Å²) in [6.07, 6.45) is 26.9. The summed E-state index contributed by atoms with van der Waals surface area (Å²) < 4.78 is 24.7. The third-order valence-corrected chi connectivity index (χ3v) is 22.6. The van der Waals surface area contributed by atoms with Crippen molar-refractivity contribution >= 4 is 0 Å². The first-order chi connectivity index (χ1) is 46.4. The first-order valence-corrected chi connectivity index (χ1v) is 37.2. The van der Waals surface area contributed by atoms with E-state index in [1.54, 1.807) is 11.1 Å². The Morgan fingerprint density at radius 3 is 1.32 bits per heavy atom. The number of benzene rings is 8. The number of morpholine rings is 2. The molecule has 2 aliphatic heterocycles. The minimum Gasteiger partial charge on any atom is -0.492 e. The third-order valence-electron chi connectivity index (χ3n) is 22.6. The van der Waals surface area contributed by atoms with E-state index < -0.39 is 5.41 Å². The SMILES string of the molecule is CCCCCCCCC1(C)c2ccccc2-c2ccc(-c3cccc4c3-c3ccc(-c5ccc6c(c5)C(CCCCCCCC)(CCCCCCCC)c5ccccc5-6)cc3C4(c3ccc(OCCN4CCOCC4)cc3)c3ccc(OCCN4CCOCC4)cc3)cc21. The van der Waals surface area contributed by atoms with Gasteiger partial charge in [0, 0.05) is 50.1 Å². The van der Waals surface area contributed by atoms with Crippen molar-refractivity contribution in [1.82, 2.24) is 9.80 Å². The summed E-state index contributed by atoms with van der Waals surface area (Å²) in [6.45, 7) is 19.5. The second-order valence-electron chi connectivity index (χ2n) is 28.5. The Hall–Kier alpha value is -6.80. The fourth-order valence-corrected chi connectivity index (χ4v) is 17.4. The fourth-order valence-electron chi connectivity index (χ4n) is 17.4. The maximum Gasteiger partial charge on any atom is 0.119 e. The van der Waals surface area contributed by atoms with Crippen LogP contribution >= 0.6 is 0 Å². The first kappa shape index (κ1) is 65.8. The van der Waals surface area contributed by atoms with Crippen molar-refractivity contribution in [3.63, 3.8) is 0 Å². The first-order valence-electron chi connectivity index (χ1n) is 37.2. The number of unbranched alkanes of at least 4 members (excludes halogenated alkanes) is 15. The highest BCUT2D eigenvalue weighted by atomic mass is 16.5. The lowest BCUT2D eigenvalue weighted by Gasteiger charge is -2.35. The average molecular weight is 1260 g/mol. The molecular formula is C88H106N2O4. The molecule has 6 nitrogen and oxygen atoms in total. The van der Waals surface area contributed by atoms with Crippen molar-refractivity contribution in [1.29, 1.82) is 0 Å². The van der Waals surface area contributed by atoms with E-state index in [1.165, 1.54) is 217 Å². The largest absolute Gasteiger partial charge is 0.492 e. The molecule has 2 fully saturated rings. The zero-order valence-electron chi connectivity index (χ0n) is 57.5. The predicted octanol–water partition coefficient (Wildman–Crippen LogP) is 21.6. The maximum absolute atomic E-state index is 6.64. The van der Waals surface area contributed by atoms with Gasteiger partial charge in [-0.3, -0.25) is 9.80 Å². The van der Waals surface area contributed by atoms with Gasteiger partial charge < -0.3 is 18.9 Å². The number of fused-ring (bicyclic) bond motifs is 9. The molecule has 1 atom stereocenters. The lowest BCUT2D eigenvalue weighted by molar-refractivity contribution is 0.0321. The molecule has 2 heterocycles. The van der Waals surface area contributed by atoms with Crippen LogP contribution in [0.5, 0.6) is 11.5 Å². The van der Waals surface area contributed by atoms with Gasteiger partial charge in [-0.25, -0.2) is 0 Å². The molecule has 0 amide bonds. The summed E-state index contributed by atoms with van der Waals surface area (Å²) in [5.74, 6) is 1.79. The van der Waals surface area contributed by atoms with Crippen molar-refractivity contribution in [3.05, 3.63) is 214 Å². The van der Waals surface area contributed by atoms with Gasteiger partial charge in [0.2, 0.25) is 0 Å². The molecule has 13 rings (SSSR count). The summed E-state index contributed by atoms with van der Waals surface area (Å²) in [5.41, 5.74) is 23.7. The van der Waals surface area contributed by atoms with Gasteiger partial charge in [-0.15, -0.1) is 0 Å². The van der Waals surface area contributed by atoms with Crippen LogP contribution in [0.15, 0.2) is 170 Å². The van der Waals surface area contributed by atoms with E-state index in [9.17, 15) is 0 Å². The summed E-state index contributed by atoms with van der Waals surface area (Å²) in [5, 5.41) is 0. The van der Waals surface area contributed by atoms with E-state index in [0.29, 0.717) is 13.2 Å². The molecule has 8 aromatic carbocycles. The highest BCUT2D eigenvalue weighted by molar-refractivity contribution is 5.98. The Balaban J connectivity index is 0.955. The van der Waals surface area contributed by atoms with Crippen molar-refractivity contribution in [3.8, 4) is 67.1 Å². The molecule has 3 aliphatic carbocycles. The lowest BCUT2D eigenvalue weighted by atomic mass is 9.67. The van der Waals surface area contributed by atoms with Crippen LogP contribution in [0.1, 0.15) is 207 Å². The average Bonchev–Trinajstić information content (AvgIpc) is 1.52. The molecule has 0 saturated carbocycles. The molecule has 94 heavy (non-hydrogen) atoms. The van der Waals surface area contributed by atoms with Gasteiger partial charge in [0.25, 0.3) is 0 Å². The normalized spacial score (nSPS) is 17.5. The molecule has 492 valence electrons. The van der Waals surface area contributed by atoms with Gasteiger partial charge in [0.1, 0.15) is 24.7 Å². The Morgan fingerprint density at radius 2 is 0.766 bits per heavy atom. The van der Waals surface area contributed by atoms with E-state index in [1.807, 2.05) is 0 Å². The van der Waals surface area contributed by atoms with Crippen LogP contribution in [0, 0.1) is 0 Å². The summed E-state index contributed by atoms with van der Waals surface area (Å²) in [7, 11) is 0. The number of hydrogen-bond donors (Lipinski definition) is 0. The molecule has 8 aromatic rings. The van der Waals surface area contributed by atoms with Crippen LogP contribution in [0.2, 0.25) is 0 Å². The molecule has 5 aliphatic rings. The maximum atomic E-state index is 6.64. The van der Waals surface area contributed by atoms with Crippen LogP contribution < -0.4 is 9.47 Å². The number of rotatable bonds is 33. The minimum absolute atomic E-state index is 0.0248. The molecule has 0 radical (unpaired) electrons. The van der Waals surface area contributed by atoms with Crippen LogP contribution in [0.3, 0.4) is 0 Å². The van der Waals surface area contributed by atoms with Crippen molar-refractivity contribution in [2.45, 2.75) is 179 Å². The van der Waals surface area contributed by atoms with E-state index in [4.69, 9.17) is 18.9 Å². The molecular weight excluding hydrogens is 1150 g/mol. The quantitative estimate of drug-likeness (QED) is 0.0382. The summed E-state index contributed by atoms with van der Waals surface area (Å²) >= 11 is 0. The van der Waals surface area contributed by atoms with Gasteiger partial charge in [-0.2, -0.15) is 0 Å². The zero-order chi connectivity index (χ0) is 64.2. The van der Waals surface area contributed by atoms with E-state index in [2.05, 4.69) is 207 Å². The lowest BCUT2D eigenvalue weighted by Crippen LogP contribution is -2.38. The summed E-state index contributed by atoms with van der Waals surface area (Å²) in [4.78, 5) is 4.90. The monoisotopic (exact) mass is 1250 g/mol. The molecule has 0 N–H and O–H groups in total. The van der Waals surface area contributed by atoms with Crippen LogP contribution in [0.25, 0.3) is 55.6 Å². The van der Waals surface area contributed by atoms with Crippen molar-refractivity contribution in [2.75, 3.05) is 78.9 Å². The van der Waals surface area contributed by atoms with Crippen LogP contribution in [-0.4, -0.2) is 88.7 Å². The molecule has 0 spiro atoms. The van der Waals surface area contributed by atoms with Crippen molar-refractivity contribution in [2.24, 2.45) is 0 Å². The second kappa shape index (κ2) is 30.9.